The van der Waals surface area contributed by atoms with Crippen LogP contribution in [0.3, 0.4) is 0 Å². The summed E-state index contributed by atoms with van der Waals surface area (Å²) in [5, 5.41) is 9.32. The molecule has 16 heavy (non-hydrogen) atoms. The first kappa shape index (κ1) is 13.4. The Kier molecular flexibility index (Phi) is 3.88. The van der Waals surface area contributed by atoms with Crippen LogP contribution in [0.4, 0.5) is 4.79 Å². The van der Waals surface area contributed by atoms with E-state index in [1.165, 1.54) is 4.90 Å². The molecule has 1 unspecified atom stereocenters. The number of carbonyl (C=O) groups is 2. The summed E-state index contributed by atoms with van der Waals surface area (Å²) in [7, 11) is 0. The molecule has 1 atom stereocenters. The van der Waals surface area contributed by atoms with Gasteiger partial charge in [-0.1, -0.05) is 0 Å². The fourth-order valence-electron chi connectivity index (χ4n) is 2.27. The van der Waals surface area contributed by atoms with Gasteiger partial charge in [0.25, 0.3) is 0 Å². The van der Waals surface area contributed by atoms with Gasteiger partial charge < -0.3 is 9.90 Å². The van der Waals surface area contributed by atoms with Gasteiger partial charge in [-0.3, -0.25) is 4.90 Å². The van der Waals surface area contributed by atoms with Gasteiger partial charge >= 0.3 is 6.09 Å². The normalized spacial score (nSPS) is 26.2. The first-order valence-electron chi connectivity index (χ1n) is 5.41. The second-order valence-corrected chi connectivity index (χ2v) is 6.27. The summed E-state index contributed by atoms with van der Waals surface area (Å²) < 4.78 is 0. The zero-order chi connectivity index (χ0) is 12.4. The van der Waals surface area contributed by atoms with E-state index in [2.05, 4.69) is 0 Å². The first-order chi connectivity index (χ1) is 7.33. The molecule has 1 aliphatic rings. The van der Waals surface area contributed by atoms with Crippen LogP contribution < -0.4 is 0 Å². The van der Waals surface area contributed by atoms with Gasteiger partial charge in [0.2, 0.25) is 0 Å². The number of amides is 1. The Bertz CT molecular complexity index is 279. The number of aldehydes is 1. The third kappa shape index (κ3) is 2.51. The van der Waals surface area contributed by atoms with E-state index in [0.717, 1.165) is 18.5 Å². The molecule has 0 bridgehead atoms. The zero-order valence-corrected chi connectivity index (χ0v) is 10.8. The third-order valence-electron chi connectivity index (χ3n) is 2.78. The Hall–Kier alpha value is -0.710. The van der Waals surface area contributed by atoms with Crippen LogP contribution >= 0.6 is 11.8 Å². The van der Waals surface area contributed by atoms with E-state index in [0.29, 0.717) is 12.2 Å². The molecule has 5 heteroatoms. The van der Waals surface area contributed by atoms with E-state index in [4.69, 9.17) is 0 Å². The van der Waals surface area contributed by atoms with Crippen molar-refractivity contribution in [3.05, 3.63) is 0 Å². The highest BCUT2D eigenvalue weighted by molar-refractivity contribution is 7.99. The molecule has 1 rings (SSSR count). The van der Waals surface area contributed by atoms with Crippen molar-refractivity contribution in [2.45, 2.75) is 44.7 Å². The second-order valence-electron chi connectivity index (χ2n) is 5.17. The Morgan fingerprint density at radius 3 is 2.44 bits per heavy atom. The van der Waals surface area contributed by atoms with Crippen LogP contribution in [0.25, 0.3) is 0 Å². The smallest absolute Gasteiger partial charge is 0.408 e. The largest absolute Gasteiger partial charge is 0.465 e. The van der Waals surface area contributed by atoms with Gasteiger partial charge in [-0.2, -0.15) is 11.8 Å². The average molecular weight is 245 g/mol. The van der Waals surface area contributed by atoms with E-state index >= 15 is 0 Å². The average Bonchev–Trinajstić information content (AvgIpc) is 2.16. The number of hydrogen-bond acceptors (Lipinski definition) is 3. The fraction of sp³-hybridized carbons (Fsp3) is 0.818. The summed E-state index contributed by atoms with van der Waals surface area (Å²) in [6, 6.07) is 0. The first-order valence-corrected chi connectivity index (χ1v) is 6.56. The lowest BCUT2D eigenvalue weighted by Crippen LogP contribution is -2.62. The zero-order valence-electron chi connectivity index (χ0n) is 10.0. The summed E-state index contributed by atoms with van der Waals surface area (Å²) >= 11 is 1.65. The lowest BCUT2D eigenvalue weighted by molar-refractivity contribution is -0.120. The molecule has 1 amide bonds. The number of rotatable bonds is 2. The van der Waals surface area contributed by atoms with Crippen molar-refractivity contribution in [2.75, 3.05) is 11.5 Å². The van der Waals surface area contributed by atoms with Crippen molar-refractivity contribution >= 4 is 24.1 Å². The van der Waals surface area contributed by atoms with E-state index < -0.39 is 17.2 Å². The van der Waals surface area contributed by atoms with Crippen LogP contribution in [0.5, 0.6) is 0 Å². The standard InChI is InChI=1S/C11H19NO3S/c1-10(2,3)12(9(14)15)11(7-13)5-4-6-16-8-11/h7H,4-6,8H2,1-3H3,(H,14,15). The molecule has 92 valence electrons. The molecule has 1 fully saturated rings. The number of nitrogens with zero attached hydrogens (tertiary/aromatic N) is 1. The third-order valence-corrected chi connectivity index (χ3v) is 4.06. The predicted molar refractivity (Wildman–Crippen MR) is 65.0 cm³/mol. The monoisotopic (exact) mass is 245 g/mol. The minimum atomic E-state index is -1.01. The van der Waals surface area contributed by atoms with Gasteiger partial charge in [0, 0.05) is 11.3 Å². The van der Waals surface area contributed by atoms with Gasteiger partial charge in [-0.05, 0) is 39.4 Å². The van der Waals surface area contributed by atoms with Crippen LogP contribution in [0.1, 0.15) is 33.6 Å². The minimum Gasteiger partial charge on any atom is -0.465 e. The molecule has 0 radical (unpaired) electrons. The van der Waals surface area contributed by atoms with Crippen molar-refractivity contribution < 1.29 is 14.7 Å². The second kappa shape index (κ2) is 4.65. The molecule has 1 N–H and O–H groups in total. The van der Waals surface area contributed by atoms with Gasteiger partial charge in [0.15, 0.2) is 0 Å². The van der Waals surface area contributed by atoms with Crippen LogP contribution in [0, 0.1) is 0 Å². The van der Waals surface area contributed by atoms with E-state index in [-0.39, 0.29) is 0 Å². The molecular formula is C11H19NO3S. The lowest BCUT2D eigenvalue weighted by Gasteiger charge is -2.47. The molecule has 4 nitrogen and oxygen atoms in total. The number of carbonyl (C=O) groups excluding carboxylic acids is 1. The molecule has 0 spiro atoms. The van der Waals surface area contributed by atoms with E-state index in [1.807, 2.05) is 20.8 Å². The molecule has 0 aliphatic carbocycles. The molecule has 0 aromatic rings. The van der Waals surface area contributed by atoms with Crippen LogP contribution in [-0.4, -0.2) is 45.0 Å². The molecule has 1 aliphatic heterocycles. The quantitative estimate of drug-likeness (QED) is 0.758. The SMILES string of the molecule is CC(C)(C)N(C(=O)O)C1(C=O)CCCSC1. The van der Waals surface area contributed by atoms with E-state index in [1.54, 1.807) is 11.8 Å². The lowest BCUT2D eigenvalue weighted by atomic mass is 9.90. The number of hydrogen-bond donors (Lipinski definition) is 1. The summed E-state index contributed by atoms with van der Waals surface area (Å²) in [6.45, 7) is 5.48. The molecule has 0 saturated carbocycles. The van der Waals surface area contributed by atoms with Crippen LogP contribution in [0.2, 0.25) is 0 Å². The molecule has 0 aromatic heterocycles. The highest BCUT2D eigenvalue weighted by Gasteiger charge is 2.46. The molecule has 1 saturated heterocycles. The van der Waals surface area contributed by atoms with Crippen molar-refractivity contribution in [3.8, 4) is 0 Å². The van der Waals surface area contributed by atoms with Gasteiger partial charge in [0.1, 0.15) is 11.8 Å². The molecule has 1 heterocycles. The highest BCUT2D eigenvalue weighted by atomic mass is 32.2. The fourth-order valence-corrected chi connectivity index (χ4v) is 3.46. The molecular weight excluding hydrogens is 226 g/mol. The number of thioether (sulfide) groups is 1. The van der Waals surface area contributed by atoms with Crippen molar-refractivity contribution in [2.24, 2.45) is 0 Å². The number of carboxylic acid groups (broad SMARTS) is 1. The van der Waals surface area contributed by atoms with Gasteiger partial charge in [-0.25, -0.2) is 4.79 Å². The van der Waals surface area contributed by atoms with Crippen molar-refractivity contribution in [1.29, 1.82) is 0 Å². The molecule has 0 aromatic carbocycles. The van der Waals surface area contributed by atoms with Crippen molar-refractivity contribution in [3.63, 3.8) is 0 Å². The maximum absolute atomic E-state index is 11.4. The minimum absolute atomic E-state index is 0.551. The topological polar surface area (TPSA) is 57.6 Å². The van der Waals surface area contributed by atoms with Gasteiger partial charge in [-0.15, -0.1) is 0 Å². The van der Waals surface area contributed by atoms with Crippen molar-refractivity contribution in [1.82, 2.24) is 4.90 Å². The predicted octanol–water partition coefficient (Wildman–Crippen LogP) is 2.23. The summed E-state index contributed by atoms with van der Waals surface area (Å²) in [4.78, 5) is 24.0. The summed E-state index contributed by atoms with van der Waals surface area (Å²) in [5.74, 6) is 1.58. The maximum Gasteiger partial charge on any atom is 0.408 e. The summed E-state index contributed by atoms with van der Waals surface area (Å²) in [6.07, 6.45) is 1.33. The maximum atomic E-state index is 11.4. The summed E-state index contributed by atoms with van der Waals surface area (Å²) in [5.41, 5.74) is -1.39. The Balaban J connectivity index is 3.07. The Morgan fingerprint density at radius 2 is 2.12 bits per heavy atom. The van der Waals surface area contributed by atoms with E-state index in [9.17, 15) is 14.7 Å². The Morgan fingerprint density at radius 1 is 1.50 bits per heavy atom. The van der Waals surface area contributed by atoms with Crippen LogP contribution in [-0.2, 0) is 4.79 Å². The highest BCUT2D eigenvalue weighted by Crippen LogP contribution is 2.35. The van der Waals surface area contributed by atoms with Gasteiger partial charge in [0.05, 0.1) is 0 Å². The Labute approximate surface area is 100 Å². The van der Waals surface area contributed by atoms with Crippen LogP contribution in [0.15, 0.2) is 0 Å².